The number of hydrogen-bond acceptors (Lipinski definition) is 4. The van der Waals surface area contributed by atoms with Crippen LogP contribution in [0.5, 0.6) is 0 Å². The second-order valence-electron chi connectivity index (χ2n) is 6.98. The minimum absolute atomic E-state index is 0.0964. The molecule has 0 aliphatic heterocycles. The summed E-state index contributed by atoms with van der Waals surface area (Å²) in [6.45, 7) is 0.659. The van der Waals surface area contributed by atoms with Crippen molar-refractivity contribution < 1.29 is 14.7 Å². The highest BCUT2D eigenvalue weighted by Crippen LogP contribution is 2.17. The maximum absolute atomic E-state index is 12.5. The van der Waals surface area contributed by atoms with Crippen molar-refractivity contribution in [2.75, 3.05) is 30.4 Å². The smallest absolute Gasteiger partial charge is 0.255 e. The van der Waals surface area contributed by atoms with Crippen molar-refractivity contribution in [3.05, 3.63) is 100 Å². The highest BCUT2D eigenvalue weighted by molar-refractivity contribution is 9.10. The second kappa shape index (κ2) is 10.7. The van der Waals surface area contributed by atoms with Crippen LogP contribution in [0.4, 0.5) is 11.4 Å². The number of carbonyl (C=O) groups is 2. The molecule has 158 valence electrons. The Morgan fingerprint density at radius 3 is 2.35 bits per heavy atom. The van der Waals surface area contributed by atoms with E-state index in [1.54, 1.807) is 48.5 Å². The number of amides is 1. The maximum Gasteiger partial charge on any atom is 0.255 e. The van der Waals surface area contributed by atoms with Gasteiger partial charge in [-0.05, 0) is 66.2 Å². The molecular formula is C25H23BrN2O3. The average molecular weight is 479 g/mol. The summed E-state index contributed by atoms with van der Waals surface area (Å²) in [5, 5.41) is 11.8. The van der Waals surface area contributed by atoms with E-state index in [2.05, 4.69) is 21.2 Å². The molecule has 0 aliphatic rings. The van der Waals surface area contributed by atoms with Gasteiger partial charge in [-0.25, -0.2) is 0 Å². The van der Waals surface area contributed by atoms with Crippen LogP contribution in [0, 0.1) is 0 Å². The lowest BCUT2D eigenvalue weighted by Crippen LogP contribution is -2.20. The number of aliphatic hydroxyl groups is 1. The maximum atomic E-state index is 12.5. The molecule has 0 unspecified atom stereocenters. The molecule has 0 atom stereocenters. The molecule has 3 aromatic carbocycles. The average Bonchev–Trinajstić information content (AvgIpc) is 2.78. The Hall–Kier alpha value is -3.22. The quantitative estimate of drug-likeness (QED) is 0.352. The first-order valence-corrected chi connectivity index (χ1v) is 10.6. The van der Waals surface area contributed by atoms with Crippen molar-refractivity contribution in [1.29, 1.82) is 0 Å². The molecule has 31 heavy (non-hydrogen) atoms. The van der Waals surface area contributed by atoms with Crippen LogP contribution in [0.25, 0.3) is 6.08 Å². The van der Waals surface area contributed by atoms with E-state index in [0.29, 0.717) is 23.4 Å². The van der Waals surface area contributed by atoms with Crippen LogP contribution in [-0.4, -0.2) is 37.0 Å². The molecule has 0 spiro atoms. The van der Waals surface area contributed by atoms with Crippen LogP contribution in [0.2, 0.25) is 0 Å². The van der Waals surface area contributed by atoms with Crippen LogP contribution in [-0.2, 0) is 0 Å². The molecule has 6 heteroatoms. The first-order chi connectivity index (χ1) is 15.0. The van der Waals surface area contributed by atoms with Crippen LogP contribution < -0.4 is 10.2 Å². The Labute approximate surface area is 190 Å². The highest BCUT2D eigenvalue weighted by Gasteiger charge is 2.08. The number of nitrogens with one attached hydrogen (secondary N) is 1. The van der Waals surface area contributed by atoms with Crippen LogP contribution >= 0.6 is 15.9 Å². The van der Waals surface area contributed by atoms with Crippen LogP contribution in [0.1, 0.15) is 26.3 Å². The van der Waals surface area contributed by atoms with E-state index in [9.17, 15) is 9.59 Å². The largest absolute Gasteiger partial charge is 0.395 e. The van der Waals surface area contributed by atoms with Crippen molar-refractivity contribution in [2.45, 2.75) is 0 Å². The zero-order valence-corrected chi connectivity index (χ0v) is 18.7. The normalized spacial score (nSPS) is 10.8. The summed E-state index contributed by atoms with van der Waals surface area (Å²) in [5.74, 6) is -0.334. The van der Waals surface area contributed by atoms with Gasteiger partial charge in [0.15, 0.2) is 5.78 Å². The Bertz CT molecular complexity index is 1080. The number of allylic oxidation sites excluding steroid dienone is 1. The number of aliphatic hydroxyl groups excluding tert-OH is 1. The van der Waals surface area contributed by atoms with Gasteiger partial charge in [-0.1, -0.05) is 40.2 Å². The second-order valence-corrected chi connectivity index (χ2v) is 7.89. The minimum atomic E-state index is -0.214. The summed E-state index contributed by atoms with van der Waals surface area (Å²) in [4.78, 5) is 26.7. The van der Waals surface area contributed by atoms with E-state index < -0.39 is 0 Å². The van der Waals surface area contributed by atoms with Crippen molar-refractivity contribution in [1.82, 2.24) is 0 Å². The predicted octanol–water partition coefficient (Wildman–Crippen LogP) is 5.03. The summed E-state index contributed by atoms with van der Waals surface area (Å²) in [6.07, 6.45) is 3.29. The van der Waals surface area contributed by atoms with Crippen molar-refractivity contribution in [2.24, 2.45) is 0 Å². The predicted molar refractivity (Wildman–Crippen MR) is 129 cm³/mol. The monoisotopic (exact) mass is 478 g/mol. The van der Waals surface area contributed by atoms with Crippen molar-refractivity contribution >= 4 is 45.1 Å². The summed E-state index contributed by atoms with van der Waals surface area (Å²) in [7, 11) is 1.91. The minimum Gasteiger partial charge on any atom is -0.395 e. The number of rotatable bonds is 8. The fraction of sp³-hybridized carbons (Fsp3) is 0.120. The third kappa shape index (κ3) is 6.38. The molecule has 0 saturated heterocycles. The van der Waals surface area contributed by atoms with Gasteiger partial charge in [0.25, 0.3) is 5.91 Å². The number of likely N-dealkylation sites (N-methyl/N-ethyl adjacent to an activating group) is 1. The topological polar surface area (TPSA) is 69.6 Å². The lowest BCUT2D eigenvalue weighted by molar-refractivity contribution is 0.102. The van der Waals surface area contributed by atoms with Gasteiger partial charge >= 0.3 is 0 Å². The van der Waals surface area contributed by atoms with Crippen LogP contribution in [0.3, 0.4) is 0 Å². The van der Waals surface area contributed by atoms with Crippen molar-refractivity contribution in [3.63, 3.8) is 0 Å². The Morgan fingerprint density at radius 1 is 1.00 bits per heavy atom. The van der Waals surface area contributed by atoms with Gasteiger partial charge in [-0.3, -0.25) is 9.59 Å². The number of ketones is 1. The third-order valence-electron chi connectivity index (χ3n) is 4.71. The molecular weight excluding hydrogens is 456 g/mol. The lowest BCUT2D eigenvalue weighted by Gasteiger charge is -2.17. The standard InChI is InChI=1S/C25H23BrN2O3/c1-28(15-16-29)23-12-5-18(6-13-23)7-14-24(30)19-8-10-22(11-9-19)27-25(31)20-3-2-4-21(26)17-20/h2-14,17,29H,15-16H2,1H3,(H,27,31)/b14-7+. The van der Waals surface area contributed by atoms with E-state index >= 15 is 0 Å². The third-order valence-corrected chi connectivity index (χ3v) is 5.20. The molecule has 0 bridgehead atoms. The number of benzene rings is 3. The van der Waals surface area contributed by atoms with Gasteiger partial charge in [-0.15, -0.1) is 0 Å². The number of carbonyl (C=O) groups excluding carboxylic acids is 2. The molecule has 0 fully saturated rings. The molecule has 1 amide bonds. The summed E-state index contributed by atoms with van der Waals surface area (Å²) >= 11 is 3.35. The summed E-state index contributed by atoms with van der Waals surface area (Å²) < 4.78 is 0.833. The zero-order chi connectivity index (χ0) is 22.2. The molecule has 0 radical (unpaired) electrons. The fourth-order valence-corrected chi connectivity index (χ4v) is 3.34. The molecule has 0 aliphatic carbocycles. The molecule has 0 aromatic heterocycles. The van der Waals surface area contributed by atoms with Gasteiger partial charge in [-0.2, -0.15) is 0 Å². The van der Waals surface area contributed by atoms with E-state index in [4.69, 9.17) is 5.11 Å². The van der Waals surface area contributed by atoms with E-state index in [-0.39, 0.29) is 18.3 Å². The highest BCUT2D eigenvalue weighted by atomic mass is 79.9. The Morgan fingerprint density at radius 2 is 1.71 bits per heavy atom. The first kappa shape index (κ1) is 22.5. The van der Waals surface area contributed by atoms with E-state index in [1.165, 1.54) is 6.08 Å². The van der Waals surface area contributed by atoms with E-state index in [1.807, 2.05) is 42.3 Å². The molecule has 2 N–H and O–H groups in total. The molecule has 5 nitrogen and oxygen atoms in total. The first-order valence-electron chi connectivity index (χ1n) is 9.78. The summed E-state index contributed by atoms with van der Waals surface area (Å²) in [5.41, 5.74) is 3.61. The number of hydrogen-bond donors (Lipinski definition) is 2. The van der Waals surface area contributed by atoms with Gasteiger partial charge in [0.2, 0.25) is 0 Å². The van der Waals surface area contributed by atoms with Gasteiger partial charge in [0.1, 0.15) is 0 Å². The molecule has 3 aromatic rings. The molecule has 0 heterocycles. The van der Waals surface area contributed by atoms with Crippen LogP contribution in [0.15, 0.2) is 83.3 Å². The lowest BCUT2D eigenvalue weighted by atomic mass is 10.1. The molecule has 0 saturated carbocycles. The Kier molecular flexibility index (Phi) is 7.76. The fourth-order valence-electron chi connectivity index (χ4n) is 2.94. The van der Waals surface area contributed by atoms with Gasteiger partial charge < -0.3 is 15.3 Å². The zero-order valence-electron chi connectivity index (χ0n) is 17.1. The van der Waals surface area contributed by atoms with Gasteiger partial charge in [0, 0.05) is 40.6 Å². The van der Waals surface area contributed by atoms with Crippen molar-refractivity contribution in [3.8, 4) is 0 Å². The number of halogens is 1. The number of nitrogens with zero attached hydrogens (tertiary/aromatic N) is 1. The SMILES string of the molecule is CN(CCO)c1ccc(/C=C/C(=O)c2ccc(NC(=O)c3cccc(Br)c3)cc2)cc1. The Balaban J connectivity index is 1.60. The van der Waals surface area contributed by atoms with E-state index in [0.717, 1.165) is 15.7 Å². The number of anilines is 2. The summed E-state index contributed by atoms with van der Waals surface area (Å²) in [6, 6.07) is 21.7. The van der Waals surface area contributed by atoms with Gasteiger partial charge in [0.05, 0.1) is 6.61 Å². The molecule has 3 rings (SSSR count).